The molecule has 4 rings (SSSR count). The number of rotatable bonds is 4. The number of benzene rings is 1. The summed E-state index contributed by atoms with van der Waals surface area (Å²) in [5, 5.41) is 17.0. The second-order valence-corrected chi connectivity index (χ2v) is 7.59. The van der Waals surface area contributed by atoms with Gasteiger partial charge in [-0.3, -0.25) is 9.20 Å². The third-order valence-corrected chi connectivity index (χ3v) is 5.25. The minimum absolute atomic E-state index is 0.172. The molecule has 0 bridgehead atoms. The summed E-state index contributed by atoms with van der Waals surface area (Å²) in [6, 6.07) is 8.11. The van der Waals surface area contributed by atoms with Gasteiger partial charge in [0, 0.05) is 11.5 Å². The highest BCUT2D eigenvalue weighted by Crippen LogP contribution is 2.28. The number of hydrogen-bond acceptors (Lipinski definition) is 6. The van der Waals surface area contributed by atoms with Crippen LogP contribution >= 0.6 is 11.8 Å². The molecule has 4 aromatic rings. The number of aromatic nitrogens is 4. The zero-order valence-corrected chi connectivity index (χ0v) is 16.3. The molecule has 27 heavy (non-hydrogen) atoms. The largest absolute Gasteiger partial charge is 0.360 e. The van der Waals surface area contributed by atoms with Crippen LogP contribution in [0, 0.1) is 27.7 Å². The molecule has 0 aliphatic rings. The topological polar surface area (TPSA) is 85.3 Å². The predicted octanol–water partition coefficient (Wildman–Crippen LogP) is 3.83. The molecule has 0 atom stereocenters. The van der Waals surface area contributed by atoms with E-state index in [-0.39, 0.29) is 11.7 Å². The maximum absolute atomic E-state index is 12.2. The van der Waals surface area contributed by atoms with Crippen LogP contribution in [0.25, 0.3) is 16.6 Å². The van der Waals surface area contributed by atoms with Crippen molar-refractivity contribution in [3.05, 3.63) is 46.7 Å². The average Bonchev–Trinajstić information content (AvgIpc) is 3.21. The zero-order chi connectivity index (χ0) is 19.1. The molecule has 0 aliphatic carbocycles. The quantitative estimate of drug-likeness (QED) is 0.541. The molecule has 3 aromatic heterocycles. The summed E-state index contributed by atoms with van der Waals surface area (Å²) in [4.78, 5) is 12.2. The van der Waals surface area contributed by atoms with Crippen LogP contribution in [0.4, 0.5) is 5.82 Å². The molecule has 8 heteroatoms. The number of aryl methyl sites for hydroxylation is 4. The fraction of sp³-hybridized carbons (Fsp3) is 0.263. The van der Waals surface area contributed by atoms with Gasteiger partial charge in [-0.05, 0) is 56.5 Å². The Balaban J connectivity index is 1.67. The average molecular weight is 381 g/mol. The van der Waals surface area contributed by atoms with Gasteiger partial charge < -0.3 is 9.84 Å². The lowest BCUT2D eigenvalue weighted by molar-refractivity contribution is -0.113. The van der Waals surface area contributed by atoms with Gasteiger partial charge in [-0.15, -0.1) is 10.2 Å². The van der Waals surface area contributed by atoms with Crippen molar-refractivity contribution in [1.29, 1.82) is 0 Å². The molecule has 7 nitrogen and oxygen atoms in total. The SMILES string of the molecule is Cc1cc(C)c2cc(C)c3nnc(SCC(=O)Nc4cc(C)on4)n3c2c1. The fourth-order valence-electron chi connectivity index (χ4n) is 3.18. The molecule has 0 spiro atoms. The van der Waals surface area contributed by atoms with Gasteiger partial charge in [-0.25, -0.2) is 0 Å². The Morgan fingerprint density at radius 3 is 2.67 bits per heavy atom. The van der Waals surface area contributed by atoms with Gasteiger partial charge in [-0.1, -0.05) is 23.0 Å². The second-order valence-electron chi connectivity index (χ2n) is 6.64. The van der Waals surface area contributed by atoms with Gasteiger partial charge in [-0.2, -0.15) is 0 Å². The van der Waals surface area contributed by atoms with E-state index in [0.717, 1.165) is 22.1 Å². The highest BCUT2D eigenvalue weighted by atomic mass is 32.2. The first kappa shape index (κ1) is 17.5. The highest BCUT2D eigenvalue weighted by Gasteiger charge is 2.15. The first-order chi connectivity index (χ1) is 12.9. The summed E-state index contributed by atoms with van der Waals surface area (Å²) in [5.41, 5.74) is 5.29. The molecule has 1 amide bonds. The van der Waals surface area contributed by atoms with Crippen molar-refractivity contribution >= 4 is 40.0 Å². The molecule has 0 radical (unpaired) electrons. The third-order valence-electron chi connectivity index (χ3n) is 4.32. The Morgan fingerprint density at radius 2 is 1.93 bits per heavy atom. The van der Waals surface area contributed by atoms with Crippen LogP contribution in [0.5, 0.6) is 0 Å². The number of amides is 1. The molecule has 0 fully saturated rings. The van der Waals surface area contributed by atoms with Crippen molar-refractivity contribution in [3.8, 4) is 0 Å². The van der Waals surface area contributed by atoms with Crippen LogP contribution in [0.3, 0.4) is 0 Å². The first-order valence-corrected chi connectivity index (χ1v) is 9.52. The van der Waals surface area contributed by atoms with Crippen molar-refractivity contribution in [2.75, 3.05) is 11.1 Å². The standard InChI is InChI=1S/C19H19N5O2S/c1-10-5-11(2)14-7-12(3)18-21-22-19(24(18)15(14)6-10)27-9-17(25)20-16-8-13(4)26-23-16/h5-8H,9H2,1-4H3,(H,20,23,25). The molecular weight excluding hydrogens is 362 g/mol. The number of nitrogens with zero attached hydrogens (tertiary/aromatic N) is 4. The van der Waals surface area contributed by atoms with Crippen molar-refractivity contribution < 1.29 is 9.32 Å². The summed E-state index contributed by atoms with van der Waals surface area (Å²) < 4.78 is 6.99. The molecule has 0 unspecified atom stereocenters. The number of carbonyl (C=O) groups excluding carboxylic acids is 1. The van der Waals surface area contributed by atoms with E-state index >= 15 is 0 Å². The van der Waals surface area contributed by atoms with E-state index < -0.39 is 0 Å². The molecular formula is C19H19N5O2S. The lowest BCUT2D eigenvalue weighted by Gasteiger charge is -2.10. The number of thioether (sulfide) groups is 1. The monoisotopic (exact) mass is 381 g/mol. The lowest BCUT2D eigenvalue weighted by atomic mass is 10.0. The summed E-state index contributed by atoms with van der Waals surface area (Å²) in [6.45, 7) is 7.97. The minimum atomic E-state index is -0.172. The van der Waals surface area contributed by atoms with Gasteiger partial charge in [0.15, 0.2) is 16.6 Å². The summed E-state index contributed by atoms with van der Waals surface area (Å²) in [7, 11) is 0. The Labute approximate surface area is 160 Å². The number of carbonyl (C=O) groups is 1. The molecule has 0 saturated heterocycles. The maximum atomic E-state index is 12.2. The predicted molar refractivity (Wildman–Crippen MR) is 105 cm³/mol. The van der Waals surface area contributed by atoms with Gasteiger partial charge in [0.2, 0.25) is 5.91 Å². The first-order valence-electron chi connectivity index (χ1n) is 8.54. The van der Waals surface area contributed by atoms with Crippen LogP contribution in [-0.2, 0) is 4.79 Å². The summed E-state index contributed by atoms with van der Waals surface area (Å²) in [5.74, 6) is 1.09. The van der Waals surface area contributed by atoms with Crippen molar-refractivity contribution in [2.24, 2.45) is 0 Å². The maximum Gasteiger partial charge on any atom is 0.236 e. The summed E-state index contributed by atoms with van der Waals surface area (Å²) in [6.07, 6.45) is 0. The Morgan fingerprint density at radius 1 is 1.11 bits per heavy atom. The number of fused-ring (bicyclic) bond motifs is 3. The van der Waals surface area contributed by atoms with E-state index in [2.05, 4.69) is 52.7 Å². The van der Waals surface area contributed by atoms with Crippen LogP contribution < -0.4 is 5.32 Å². The highest BCUT2D eigenvalue weighted by molar-refractivity contribution is 7.99. The van der Waals surface area contributed by atoms with Gasteiger partial charge in [0.1, 0.15) is 5.76 Å². The number of anilines is 1. The lowest BCUT2D eigenvalue weighted by Crippen LogP contribution is -2.14. The van der Waals surface area contributed by atoms with E-state index in [1.807, 2.05) is 11.3 Å². The Hall–Kier alpha value is -2.87. The van der Waals surface area contributed by atoms with E-state index in [0.29, 0.717) is 16.7 Å². The van der Waals surface area contributed by atoms with Crippen LogP contribution in [0.2, 0.25) is 0 Å². The molecule has 3 heterocycles. The van der Waals surface area contributed by atoms with Crippen molar-refractivity contribution in [3.63, 3.8) is 0 Å². The second kappa shape index (κ2) is 6.70. The molecule has 1 N–H and O–H groups in total. The van der Waals surface area contributed by atoms with Crippen LogP contribution in [0.1, 0.15) is 22.5 Å². The molecule has 0 saturated carbocycles. The van der Waals surface area contributed by atoms with E-state index in [4.69, 9.17) is 4.52 Å². The minimum Gasteiger partial charge on any atom is -0.360 e. The molecule has 138 valence electrons. The van der Waals surface area contributed by atoms with Gasteiger partial charge in [0.25, 0.3) is 0 Å². The number of hydrogen-bond donors (Lipinski definition) is 1. The van der Waals surface area contributed by atoms with E-state index in [1.54, 1.807) is 13.0 Å². The smallest absolute Gasteiger partial charge is 0.236 e. The third kappa shape index (κ3) is 3.28. The summed E-state index contributed by atoms with van der Waals surface area (Å²) >= 11 is 1.34. The number of pyridine rings is 1. The normalized spacial score (nSPS) is 11.4. The van der Waals surface area contributed by atoms with Gasteiger partial charge >= 0.3 is 0 Å². The van der Waals surface area contributed by atoms with Crippen molar-refractivity contribution in [2.45, 2.75) is 32.9 Å². The van der Waals surface area contributed by atoms with Crippen LogP contribution in [0.15, 0.2) is 33.9 Å². The van der Waals surface area contributed by atoms with Gasteiger partial charge in [0.05, 0.1) is 11.3 Å². The van der Waals surface area contributed by atoms with Crippen LogP contribution in [-0.4, -0.2) is 31.4 Å². The van der Waals surface area contributed by atoms with E-state index in [1.165, 1.54) is 22.9 Å². The molecule has 1 aromatic carbocycles. The Kier molecular flexibility index (Phi) is 4.35. The Bertz CT molecular complexity index is 1180. The molecule has 0 aliphatic heterocycles. The number of nitrogens with one attached hydrogen (secondary N) is 1. The zero-order valence-electron chi connectivity index (χ0n) is 15.5. The van der Waals surface area contributed by atoms with E-state index in [9.17, 15) is 4.79 Å². The fourth-order valence-corrected chi connectivity index (χ4v) is 3.93. The van der Waals surface area contributed by atoms with Crippen molar-refractivity contribution in [1.82, 2.24) is 19.8 Å².